The van der Waals surface area contributed by atoms with Crippen molar-refractivity contribution in [3.63, 3.8) is 0 Å². The predicted molar refractivity (Wildman–Crippen MR) is 76.1 cm³/mol. The summed E-state index contributed by atoms with van der Waals surface area (Å²) in [5.41, 5.74) is 1.04. The van der Waals surface area contributed by atoms with Gasteiger partial charge in [0, 0.05) is 7.11 Å². The first-order valence-corrected chi connectivity index (χ1v) is 7.15. The Hall–Kier alpha value is -0.690. The number of carbonyl (C=O) groups is 1. The van der Waals surface area contributed by atoms with Gasteiger partial charge in [-0.1, -0.05) is 24.0 Å². The van der Waals surface area contributed by atoms with Crippen LogP contribution in [0.25, 0.3) is 6.08 Å². The molecule has 0 spiro atoms. The van der Waals surface area contributed by atoms with Gasteiger partial charge < -0.3 is 4.74 Å². The van der Waals surface area contributed by atoms with Crippen LogP contribution in [0, 0.1) is 0 Å². The van der Waals surface area contributed by atoms with Gasteiger partial charge in [0.25, 0.3) is 5.91 Å². The lowest BCUT2D eigenvalue weighted by atomic mass is 10.3. The van der Waals surface area contributed by atoms with Gasteiger partial charge in [0.15, 0.2) is 0 Å². The molecule has 6 heteroatoms. The summed E-state index contributed by atoms with van der Waals surface area (Å²) in [6, 6.07) is 1.98. The van der Waals surface area contributed by atoms with Crippen LogP contribution in [-0.2, 0) is 9.53 Å². The Kier molecular flexibility index (Phi) is 4.33. The summed E-state index contributed by atoms with van der Waals surface area (Å²) in [7, 11) is 1.61. The van der Waals surface area contributed by atoms with E-state index in [4.69, 9.17) is 17.0 Å². The number of amides is 1. The van der Waals surface area contributed by atoms with Crippen LogP contribution in [0.4, 0.5) is 0 Å². The molecule has 0 saturated carbocycles. The SMILES string of the molecule is COCCN1C(=O)/C(=C/c2ccsc2)SC1=S. The van der Waals surface area contributed by atoms with Crippen LogP contribution in [0.1, 0.15) is 5.56 Å². The largest absolute Gasteiger partial charge is 0.383 e. The van der Waals surface area contributed by atoms with E-state index in [0.29, 0.717) is 22.4 Å². The van der Waals surface area contributed by atoms with Crippen LogP contribution < -0.4 is 0 Å². The molecule has 1 aliphatic heterocycles. The molecule has 0 N–H and O–H groups in total. The lowest BCUT2D eigenvalue weighted by Gasteiger charge is -2.12. The van der Waals surface area contributed by atoms with Gasteiger partial charge in [-0.05, 0) is 28.5 Å². The minimum atomic E-state index is -0.0248. The number of rotatable bonds is 4. The molecular formula is C11H11NO2S3. The number of hydrogen-bond acceptors (Lipinski definition) is 5. The zero-order valence-electron chi connectivity index (χ0n) is 9.21. The van der Waals surface area contributed by atoms with Crippen LogP contribution in [0.3, 0.4) is 0 Å². The van der Waals surface area contributed by atoms with Crippen LogP contribution in [-0.4, -0.2) is 35.4 Å². The third-order valence-corrected chi connectivity index (χ3v) is 4.31. The highest BCUT2D eigenvalue weighted by Gasteiger charge is 2.31. The van der Waals surface area contributed by atoms with Crippen LogP contribution in [0.15, 0.2) is 21.7 Å². The summed E-state index contributed by atoms with van der Waals surface area (Å²) in [6.07, 6.45) is 1.88. The van der Waals surface area contributed by atoms with E-state index >= 15 is 0 Å². The Morgan fingerprint density at radius 3 is 3.06 bits per heavy atom. The monoisotopic (exact) mass is 285 g/mol. The number of hydrogen-bond donors (Lipinski definition) is 0. The molecule has 0 bridgehead atoms. The van der Waals surface area contributed by atoms with Crippen molar-refractivity contribution in [2.45, 2.75) is 0 Å². The van der Waals surface area contributed by atoms with Gasteiger partial charge in [0.1, 0.15) is 4.32 Å². The fourth-order valence-corrected chi connectivity index (χ4v) is 3.31. The molecule has 17 heavy (non-hydrogen) atoms. The molecule has 2 rings (SSSR count). The number of ether oxygens (including phenoxy) is 1. The van der Waals surface area contributed by atoms with Crippen molar-refractivity contribution < 1.29 is 9.53 Å². The molecule has 0 unspecified atom stereocenters. The number of carbonyl (C=O) groups excluding carboxylic acids is 1. The molecule has 1 saturated heterocycles. The number of methoxy groups -OCH3 is 1. The highest BCUT2D eigenvalue weighted by molar-refractivity contribution is 8.26. The second kappa shape index (κ2) is 5.77. The van der Waals surface area contributed by atoms with Crippen molar-refractivity contribution in [3.05, 3.63) is 27.3 Å². The standard InChI is InChI=1S/C11H11NO2S3/c1-14-4-3-12-10(13)9(17-11(12)15)6-8-2-5-16-7-8/h2,5-7H,3-4H2,1H3/b9-6-. The second-order valence-corrected chi connectivity index (χ2v) is 5.84. The number of thioether (sulfide) groups is 1. The molecule has 0 aromatic carbocycles. The van der Waals surface area contributed by atoms with Crippen LogP contribution in [0.2, 0.25) is 0 Å². The van der Waals surface area contributed by atoms with E-state index < -0.39 is 0 Å². The highest BCUT2D eigenvalue weighted by Crippen LogP contribution is 2.32. The summed E-state index contributed by atoms with van der Waals surface area (Å²) in [6.45, 7) is 1.01. The average molecular weight is 285 g/mol. The zero-order valence-corrected chi connectivity index (χ0v) is 11.7. The van der Waals surface area contributed by atoms with Gasteiger partial charge >= 0.3 is 0 Å². The van der Waals surface area contributed by atoms with Crippen molar-refractivity contribution in [1.82, 2.24) is 4.90 Å². The van der Waals surface area contributed by atoms with E-state index in [1.165, 1.54) is 11.8 Å². The molecule has 1 aliphatic rings. The molecule has 2 heterocycles. The lowest BCUT2D eigenvalue weighted by molar-refractivity contribution is -0.122. The molecule has 1 aromatic rings. The quantitative estimate of drug-likeness (QED) is 0.628. The minimum absolute atomic E-state index is 0.0248. The first kappa shape index (κ1) is 12.8. The Morgan fingerprint density at radius 2 is 2.41 bits per heavy atom. The van der Waals surface area contributed by atoms with E-state index in [0.717, 1.165) is 5.56 Å². The lowest BCUT2D eigenvalue weighted by Crippen LogP contribution is -2.31. The molecule has 1 amide bonds. The Morgan fingerprint density at radius 1 is 1.59 bits per heavy atom. The van der Waals surface area contributed by atoms with Gasteiger partial charge in [0.2, 0.25) is 0 Å². The van der Waals surface area contributed by atoms with Crippen LogP contribution >= 0.6 is 35.3 Å². The minimum Gasteiger partial charge on any atom is -0.383 e. The summed E-state index contributed by atoms with van der Waals surface area (Å²) >= 11 is 8.13. The van der Waals surface area contributed by atoms with Crippen molar-refractivity contribution >= 4 is 51.6 Å². The maximum Gasteiger partial charge on any atom is 0.266 e. The number of thiocarbonyl (C=S) groups is 1. The van der Waals surface area contributed by atoms with Gasteiger partial charge in [-0.2, -0.15) is 11.3 Å². The first-order chi connectivity index (χ1) is 8.22. The summed E-state index contributed by atoms with van der Waals surface area (Å²) < 4.78 is 5.57. The van der Waals surface area contributed by atoms with Crippen molar-refractivity contribution in [3.8, 4) is 0 Å². The first-order valence-electron chi connectivity index (χ1n) is 4.99. The van der Waals surface area contributed by atoms with Crippen LogP contribution in [0.5, 0.6) is 0 Å². The zero-order chi connectivity index (χ0) is 12.3. The smallest absolute Gasteiger partial charge is 0.266 e. The summed E-state index contributed by atoms with van der Waals surface area (Å²) in [5.74, 6) is -0.0248. The fraction of sp³-hybridized carbons (Fsp3) is 0.273. The van der Waals surface area contributed by atoms with Crippen molar-refractivity contribution in [1.29, 1.82) is 0 Å². The molecule has 0 aliphatic carbocycles. The number of nitrogens with zero attached hydrogens (tertiary/aromatic N) is 1. The van der Waals surface area contributed by atoms with E-state index in [1.54, 1.807) is 23.3 Å². The second-order valence-electron chi connectivity index (χ2n) is 3.38. The molecule has 0 atom stereocenters. The average Bonchev–Trinajstić information content (AvgIpc) is 2.89. The Balaban J connectivity index is 2.13. The molecular weight excluding hydrogens is 274 g/mol. The van der Waals surface area contributed by atoms with Crippen molar-refractivity contribution in [2.24, 2.45) is 0 Å². The Labute approximate surface area is 113 Å². The summed E-state index contributed by atoms with van der Waals surface area (Å²) in [5, 5.41) is 3.99. The molecule has 90 valence electrons. The molecule has 1 fully saturated rings. The van der Waals surface area contributed by atoms with E-state index in [9.17, 15) is 4.79 Å². The van der Waals surface area contributed by atoms with E-state index in [-0.39, 0.29) is 5.91 Å². The topological polar surface area (TPSA) is 29.5 Å². The van der Waals surface area contributed by atoms with Gasteiger partial charge in [-0.25, -0.2) is 0 Å². The van der Waals surface area contributed by atoms with Gasteiger partial charge in [-0.3, -0.25) is 9.69 Å². The summed E-state index contributed by atoms with van der Waals surface area (Å²) in [4.78, 5) is 14.3. The third kappa shape index (κ3) is 2.95. The molecule has 3 nitrogen and oxygen atoms in total. The normalized spacial score (nSPS) is 18.4. The van der Waals surface area contributed by atoms with E-state index in [2.05, 4.69) is 0 Å². The highest BCUT2D eigenvalue weighted by atomic mass is 32.2. The predicted octanol–water partition coefficient (Wildman–Crippen LogP) is 2.60. The maximum atomic E-state index is 12.0. The fourth-order valence-electron chi connectivity index (χ4n) is 1.38. The van der Waals surface area contributed by atoms with Gasteiger partial charge in [0.05, 0.1) is 18.1 Å². The van der Waals surface area contributed by atoms with E-state index in [1.807, 2.05) is 22.9 Å². The number of thiophene rings is 1. The Bertz CT molecular complexity index is 453. The molecule has 0 radical (unpaired) electrons. The third-order valence-electron chi connectivity index (χ3n) is 2.23. The van der Waals surface area contributed by atoms with Crippen molar-refractivity contribution in [2.75, 3.05) is 20.3 Å². The molecule has 1 aromatic heterocycles. The van der Waals surface area contributed by atoms with Gasteiger partial charge in [-0.15, -0.1) is 0 Å². The maximum absolute atomic E-state index is 12.0.